The van der Waals surface area contributed by atoms with Gasteiger partial charge in [-0.25, -0.2) is 9.78 Å². The molecule has 0 aliphatic rings. The largest absolute Gasteiger partial charge is 0.497 e. The highest BCUT2D eigenvalue weighted by atomic mass is 32.1. The molecule has 1 heterocycles. The van der Waals surface area contributed by atoms with Crippen molar-refractivity contribution in [2.45, 2.75) is 13.0 Å². The number of carboxylic acids is 1. The lowest BCUT2D eigenvalue weighted by molar-refractivity contribution is 0.0697. The van der Waals surface area contributed by atoms with Crippen LogP contribution in [0, 0.1) is 0 Å². The van der Waals surface area contributed by atoms with E-state index in [1.54, 1.807) is 30.6 Å². The van der Waals surface area contributed by atoms with Crippen LogP contribution in [0.3, 0.4) is 0 Å². The molecule has 31 heavy (non-hydrogen) atoms. The van der Waals surface area contributed by atoms with E-state index in [-0.39, 0.29) is 5.56 Å². The highest BCUT2D eigenvalue weighted by Gasteiger charge is 2.15. The normalized spacial score (nSPS) is 10.9. The van der Waals surface area contributed by atoms with Crippen LogP contribution in [-0.4, -0.2) is 29.7 Å². The average Bonchev–Trinajstić information content (AvgIpc) is 3.23. The Balaban J connectivity index is 1.60. The lowest BCUT2D eigenvalue weighted by Gasteiger charge is -2.22. The van der Waals surface area contributed by atoms with Crippen molar-refractivity contribution in [3.8, 4) is 5.75 Å². The van der Waals surface area contributed by atoms with Gasteiger partial charge < -0.3 is 20.5 Å². The predicted octanol–water partition coefficient (Wildman–Crippen LogP) is 4.83. The quantitative estimate of drug-likeness (QED) is 0.387. The number of carboxylic acid groups (broad SMARTS) is 1. The highest BCUT2D eigenvalue weighted by Crippen LogP contribution is 2.33. The Morgan fingerprint density at radius 1 is 1.06 bits per heavy atom. The summed E-state index contributed by atoms with van der Waals surface area (Å²) in [6.07, 6.45) is 0.836. The molecule has 3 aromatic carbocycles. The second-order valence-corrected chi connectivity index (χ2v) is 8.19. The van der Waals surface area contributed by atoms with E-state index in [1.165, 1.54) is 5.56 Å². The number of aromatic nitrogens is 1. The molecule has 3 N–H and O–H groups in total. The molecule has 0 unspecified atom stereocenters. The van der Waals surface area contributed by atoms with E-state index in [2.05, 4.69) is 17.0 Å². The number of ether oxygens (including phenoxy) is 1. The van der Waals surface area contributed by atoms with Gasteiger partial charge in [0.1, 0.15) is 5.75 Å². The summed E-state index contributed by atoms with van der Waals surface area (Å²) < 4.78 is 6.22. The molecule has 0 saturated carbocycles. The standard InChI is InChI=1S/C24H23N3O3S/c1-30-19-11-7-16(8-12-19)13-14-27(15-17-5-9-18(10-6-17)23(28)29)24-26-21-4-2-3-20(25)22(21)31-24/h2-12H,13-15,25H2,1H3,(H,28,29). The van der Waals surface area contributed by atoms with Crippen molar-refractivity contribution in [1.82, 2.24) is 4.98 Å². The first-order chi connectivity index (χ1) is 15.0. The molecule has 6 nitrogen and oxygen atoms in total. The number of nitrogens with zero attached hydrogens (tertiary/aromatic N) is 2. The van der Waals surface area contributed by atoms with Gasteiger partial charge in [-0.2, -0.15) is 0 Å². The zero-order chi connectivity index (χ0) is 21.8. The number of methoxy groups -OCH3 is 1. The molecule has 4 aromatic rings. The van der Waals surface area contributed by atoms with Gasteiger partial charge >= 0.3 is 5.97 Å². The molecule has 158 valence electrons. The first-order valence-corrected chi connectivity index (χ1v) is 10.7. The van der Waals surface area contributed by atoms with Crippen molar-refractivity contribution in [2.75, 3.05) is 24.3 Å². The molecule has 0 radical (unpaired) electrons. The lowest BCUT2D eigenvalue weighted by Crippen LogP contribution is -2.25. The molecule has 0 aliphatic heterocycles. The molecular weight excluding hydrogens is 410 g/mol. The molecular formula is C24H23N3O3S. The Kier molecular flexibility index (Phi) is 6.04. The SMILES string of the molecule is COc1ccc(CCN(Cc2ccc(C(=O)O)cc2)c2nc3cccc(N)c3s2)cc1. The summed E-state index contributed by atoms with van der Waals surface area (Å²) >= 11 is 1.58. The molecule has 4 rings (SSSR count). The minimum atomic E-state index is -0.926. The van der Waals surface area contributed by atoms with Crippen molar-refractivity contribution in [2.24, 2.45) is 0 Å². The maximum atomic E-state index is 11.2. The minimum Gasteiger partial charge on any atom is -0.497 e. The monoisotopic (exact) mass is 433 g/mol. The van der Waals surface area contributed by atoms with Crippen LogP contribution in [0.1, 0.15) is 21.5 Å². The van der Waals surface area contributed by atoms with Crippen LogP contribution in [0.15, 0.2) is 66.7 Å². The van der Waals surface area contributed by atoms with Gasteiger partial charge in [0.25, 0.3) is 0 Å². The maximum absolute atomic E-state index is 11.2. The third-order valence-electron chi connectivity index (χ3n) is 5.11. The third kappa shape index (κ3) is 4.78. The van der Waals surface area contributed by atoms with Crippen LogP contribution in [0.4, 0.5) is 10.8 Å². The van der Waals surface area contributed by atoms with Crippen LogP contribution < -0.4 is 15.4 Å². The van der Waals surface area contributed by atoms with E-state index < -0.39 is 5.97 Å². The van der Waals surface area contributed by atoms with Gasteiger partial charge in [0, 0.05) is 13.1 Å². The number of anilines is 2. The Bertz CT molecular complexity index is 1190. The van der Waals surface area contributed by atoms with Gasteiger partial charge in [-0.3, -0.25) is 0 Å². The van der Waals surface area contributed by atoms with Crippen molar-refractivity contribution >= 4 is 38.3 Å². The van der Waals surface area contributed by atoms with E-state index in [1.807, 2.05) is 42.5 Å². The minimum absolute atomic E-state index is 0.279. The summed E-state index contributed by atoms with van der Waals surface area (Å²) in [5.74, 6) is -0.0923. The second kappa shape index (κ2) is 9.06. The fourth-order valence-corrected chi connectivity index (χ4v) is 4.38. The van der Waals surface area contributed by atoms with Gasteiger partial charge in [0.2, 0.25) is 0 Å². The number of rotatable bonds is 8. The molecule has 0 fully saturated rings. The van der Waals surface area contributed by atoms with Crippen LogP contribution >= 0.6 is 11.3 Å². The highest BCUT2D eigenvalue weighted by molar-refractivity contribution is 7.22. The number of fused-ring (bicyclic) bond motifs is 1. The molecule has 0 spiro atoms. The van der Waals surface area contributed by atoms with Crippen LogP contribution in [-0.2, 0) is 13.0 Å². The molecule has 1 aromatic heterocycles. The van der Waals surface area contributed by atoms with E-state index >= 15 is 0 Å². The number of thiazole rings is 1. The summed E-state index contributed by atoms with van der Waals surface area (Å²) in [6, 6.07) is 20.8. The molecule has 0 saturated heterocycles. The molecule has 0 amide bonds. The fourth-order valence-electron chi connectivity index (χ4n) is 3.37. The Morgan fingerprint density at radius 2 is 1.77 bits per heavy atom. The number of nitrogens with two attached hydrogens (primary N) is 1. The molecule has 0 atom stereocenters. The van der Waals surface area contributed by atoms with Crippen LogP contribution in [0.2, 0.25) is 0 Å². The van der Waals surface area contributed by atoms with E-state index in [9.17, 15) is 4.79 Å². The molecule has 0 bridgehead atoms. The zero-order valence-electron chi connectivity index (χ0n) is 17.1. The smallest absolute Gasteiger partial charge is 0.335 e. The average molecular weight is 434 g/mol. The summed E-state index contributed by atoms with van der Waals surface area (Å²) in [6.45, 7) is 1.38. The topological polar surface area (TPSA) is 88.7 Å². The zero-order valence-corrected chi connectivity index (χ0v) is 17.9. The first-order valence-electron chi connectivity index (χ1n) is 9.88. The number of hydrogen-bond donors (Lipinski definition) is 2. The Labute approximate surface area is 184 Å². The number of nitrogen functional groups attached to an aromatic ring is 1. The van der Waals surface area contributed by atoms with Gasteiger partial charge in [0.15, 0.2) is 5.13 Å². The third-order valence-corrected chi connectivity index (χ3v) is 6.29. The molecule has 7 heteroatoms. The maximum Gasteiger partial charge on any atom is 0.335 e. The summed E-state index contributed by atoms with van der Waals surface area (Å²) in [5.41, 5.74) is 10.3. The predicted molar refractivity (Wildman–Crippen MR) is 125 cm³/mol. The van der Waals surface area contributed by atoms with Gasteiger partial charge in [-0.05, 0) is 53.9 Å². The van der Waals surface area contributed by atoms with E-state index in [4.69, 9.17) is 20.6 Å². The lowest BCUT2D eigenvalue weighted by atomic mass is 10.1. The van der Waals surface area contributed by atoms with Crippen molar-refractivity contribution < 1.29 is 14.6 Å². The van der Waals surface area contributed by atoms with Gasteiger partial charge in [-0.15, -0.1) is 0 Å². The number of benzene rings is 3. The number of carbonyl (C=O) groups is 1. The molecule has 0 aliphatic carbocycles. The Hall–Kier alpha value is -3.58. The first kappa shape index (κ1) is 20.7. The van der Waals surface area contributed by atoms with E-state index in [0.29, 0.717) is 6.54 Å². The van der Waals surface area contributed by atoms with Crippen molar-refractivity contribution in [1.29, 1.82) is 0 Å². The fraction of sp³-hybridized carbons (Fsp3) is 0.167. The summed E-state index contributed by atoms with van der Waals surface area (Å²) in [4.78, 5) is 18.2. The van der Waals surface area contributed by atoms with Crippen molar-refractivity contribution in [3.63, 3.8) is 0 Å². The number of hydrogen-bond acceptors (Lipinski definition) is 6. The Morgan fingerprint density at radius 3 is 2.42 bits per heavy atom. The summed E-state index contributed by atoms with van der Waals surface area (Å²) in [5, 5.41) is 10.0. The second-order valence-electron chi connectivity index (χ2n) is 7.21. The van der Waals surface area contributed by atoms with Crippen LogP contribution in [0.5, 0.6) is 5.75 Å². The summed E-state index contributed by atoms with van der Waals surface area (Å²) in [7, 11) is 1.66. The van der Waals surface area contributed by atoms with E-state index in [0.717, 1.165) is 45.3 Å². The van der Waals surface area contributed by atoms with Crippen LogP contribution in [0.25, 0.3) is 10.2 Å². The van der Waals surface area contributed by atoms with Gasteiger partial charge in [-0.1, -0.05) is 41.7 Å². The van der Waals surface area contributed by atoms with Crippen molar-refractivity contribution in [3.05, 3.63) is 83.4 Å². The van der Waals surface area contributed by atoms with Gasteiger partial charge in [0.05, 0.1) is 28.6 Å². The number of aromatic carboxylic acids is 1.